The lowest BCUT2D eigenvalue weighted by Crippen LogP contribution is -1.97. The van der Waals surface area contributed by atoms with E-state index >= 15 is 0 Å². The molecule has 0 spiro atoms. The molecule has 0 saturated heterocycles. The Labute approximate surface area is 119 Å². The Morgan fingerprint density at radius 3 is 2.53 bits per heavy atom. The Morgan fingerprint density at radius 2 is 1.84 bits per heavy atom. The first-order valence-electron chi connectivity index (χ1n) is 6.59. The largest absolute Gasteiger partial charge is 0.207 e. The van der Waals surface area contributed by atoms with Crippen LogP contribution in [0.4, 0.5) is 4.39 Å². The van der Waals surface area contributed by atoms with Crippen molar-refractivity contribution in [2.45, 2.75) is 33.1 Å². The lowest BCUT2D eigenvalue weighted by molar-refractivity contribution is 0.628. The van der Waals surface area contributed by atoms with Crippen molar-refractivity contribution in [2.24, 2.45) is 0 Å². The van der Waals surface area contributed by atoms with E-state index in [9.17, 15) is 4.39 Å². The zero-order valence-corrected chi connectivity index (χ0v) is 12.3. The van der Waals surface area contributed by atoms with Crippen LogP contribution >= 0.6 is 11.6 Å². The molecule has 2 aromatic rings. The van der Waals surface area contributed by atoms with E-state index in [-0.39, 0.29) is 5.82 Å². The summed E-state index contributed by atoms with van der Waals surface area (Å²) in [4.78, 5) is 0. The summed E-state index contributed by atoms with van der Waals surface area (Å²) < 4.78 is 13.5. The van der Waals surface area contributed by atoms with Gasteiger partial charge in [-0.15, -0.1) is 0 Å². The molecule has 0 fully saturated rings. The first-order chi connectivity index (χ1) is 9.02. The SMILES string of the molecule is CCC(C)c1ccc(Cl)cc1-c1cc(F)ccc1C. The van der Waals surface area contributed by atoms with Gasteiger partial charge in [0.25, 0.3) is 0 Å². The van der Waals surface area contributed by atoms with Gasteiger partial charge in [0.15, 0.2) is 0 Å². The average molecular weight is 277 g/mol. The normalized spacial score (nSPS) is 12.5. The van der Waals surface area contributed by atoms with E-state index in [2.05, 4.69) is 19.9 Å². The van der Waals surface area contributed by atoms with Crippen LogP contribution in [0.5, 0.6) is 0 Å². The third-order valence-electron chi connectivity index (χ3n) is 3.65. The maximum absolute atomic E-state index is 13.5. The minimum Gasteiger partial charge on any atom is -0.207 e. The second kappa shape index (κ2) is 5.75. The number of aryl methyl sites for hydroxylation is 1. The molecule has 0 aliphatic carbocycles. The van der Waals surface area contributed by atoms with Crippen LogP contribution in [0.3, 0.4) is 0 Å². The van der Waals surface area contributed by atoms with Gasteiger partial charge in [-0.1, -0.05) is 37.6 Å². The van der Waals surface area contributed by atoms with Gasteiger partial charge in [-0.25, -0.2) is 4.39 Å². The van der Waals surface area contributed by atoms with E-state index in [1.165, 1.54) is 11.6 Å². The molecule has 0 saturated carbocycles. The summed E-state index contributed by atoms with van der Waals surface area (Å²) in [6.45, 7) is 6.33. The highest BCUT2D eigenvalue weighted by atomic mass is 35.5. The van der Waals surface area contributed by atoms with Gasteiger partial charge >= 0.3 is 0 Å². The molecule has 2 rings (SSSR count). The molecule has 0 bridgehead atoms. The molecular formula is C17H18ClF. The maximum Gasteiger partial charge on any atom is 0.123 e. The van der Waals surface area contributed by atoms with Gasteiger partial charge in [-0.05, 0) is 65.8 Å². The number of halogens is 2. The highest BCUT2D eigenvalue weighted by molar-refractivity contribution is 6.30. The maximum atomic E-state index is 13.5. The van der Waals surface area contributed by atoms with E-state index in [0.29, 0.717) is 10.9 Å². The molecule has 1 unspecified atom stereocenters. The van der Waals surface area contributed by atoms with Crippen LogP contribution in [0.2, 0.25) is 5.02 Å². The quantitative estimate of drug-likeness (QED) is 0.648. The lowest BCUT2D eigenvalue weighted by atomic mass is 9.88. The van der Waals surface area contributed by atoms with Gasteiger partial charge < -0.3 is 0 Å². The fourth-order valence-electron chi connectivity index (χ4n) is 2.30. The van der Waals surface area contributed by atoms with E-state index in [1.807, 2.05) is 25.1 Å². The molecule has 19 heavy (non-hydrogen) atoms. The highest BCUT2D eigenvalue weighted by Crippen LogP contribution is 2.35. The summed E-state index contributed by atoms with van der Waals surface area (Å²) in [5.74, 6) is 0.214. The highest BCUT2D eigenvalue weighted by Gasteiger charge is 2.13. The monoisotopic (exact) mass is 276 g/mol. The molecule has 0 aliphatic heterocycles. The minimum absolute atomic E-state index is 0.212. The smallest absolute Gasteiger partial charge is 0.123 e. The molecule has 0 radical (unpaired) electrons. The van der Waals surface area contributed by atoms with Gasteiger partial charge in [0.2, 0.25) is 0 Å². The number of benzene rings is 2. The van der Waals surface area contributed by atoms with Crippen LogP contribution in [0.25, 0.3) is 11.1 Å². The van der Waals surface area contributed by atoms with E-state index in [0.717, 1.165) is 23.1 Å². The second-order valence-corrected chi connectivity index (χ2v) is 5.44. The topological polar surface area (TPSA) is 0 Å². The summed E-state index contributed by atoms with van der Waals surface area (Å²) in [7, 11) is 0. The standard InChI is InChI=1S/C17H18ClF/c1-4-11(2)15-8-6-13(18)9-17(15)16-10-14(19)7-5-12(16)3/h5-11H,4H2,1-3H3. The van der Waals surface area contributed by atoms with Crippen molar-refractivity contribution >= 4 is 11.6 Å². The predicted molar refractivity (Wildman–Crippen MR) is 80.3 cm³/mol. The average Bonchev–Trinajstić information content (AvgIpc) is 2.40. The molecule has 2 aromatic carbocycles. The molecule has 0 nitrogen and oxygen atoms in total. The second-order valence-electron chi connectivity index (χ2n) is 5.00. The van der Waals surface area contributed by atoms with Gasteiger partial charge in [0.1, 0.15) is 5.82 Å². The molecule has 100 valence electrons. The Hall–Kier alpha value is -1.34. The van der Waals surface area contributed by atoms with Crippen LogP contribution in [-0.4, -0.2) is 0 Å². The van der Waals surface area contributed by atoms with E-state index < -0.39 is 0 Å². The molecule has 1 atom stereocenters. The molecule has 0 amide bonds. The fourth-order valence-corrected chi connectivity index (χ4v) is 2.47. The minimum atomic E-state index is -0.212. The lowest BCUT2D eigenvalue weighted by Gasteiger charge is -2.17. The fraction of sp³-hybridized carbons (Fsp3) is 0.294. The predicted octanol–water partition coefficient (Wildman–Crippen LogP) is 5.97. The summed E-state index contributed by atoms with van der Waals surface area (Å²) in [6, 6.07) is 10.8. The van der Waals surface area contributed by atoms with Gasteiger partial charge in [0, 0.05) is 5.02 Å². The molecule has 0 aliphatic rings. The van der Waals surface area contributed by atoms with Crippen molar-refractivity contribution in [1.82, 2.24) is 0 Å². The van der Waals surface area contributed by atoms with Crippen LogP contribution in [-0.2, 0) is 0 Å². The molecule has 2 heteroatoms. The van der Waals surface area contributed by atoms with Crippen LogP contribution in [0, 0.1) is 12.7 Å². The van der Waals surface area contributed by atoms with Gasteiger partial charge in [-0.3, -0.25) is 0 Å². The summed E-state index contributed by atoms with van der Waals surface area (Å²) in [5.41, 5.74) is 4.26. The third kappa shape index (κ3) is 2.98. The Bertz CT molecular complexity index is 590. The molecule has 0 N–H and O–H groups in total. The summed E-state index contributed by atoms with van der Waals surface area (Å²) in [5, 5.41) is 0.686. The van der Waals surface area contributed by atoms with Crippen molar-refractivity contribution in [3.8, 4) is 11.1 Å². The van der Waals surface area contributed by atoms with Crippen LogP contribution < -0.4 is 0 Å². The number of rotatable bonds is 3. The van der Waals surface area contributed by atoms with Crippen molar-refractivity contribution < 1.29 is 4.39 Å². The van der Waals surface area contributed by atoms with E-state index in [4.69, 9.17) is 11.6 Å². The van der Waals surface area contributed by atoms with Crippen LogP contribution in [0.1, 0.15) is 37.3 Å². The van der Waals surface area contributed by atoms with Gasteiger partial charge in [-0.2, -0.15) is 0 Å². The number of hydrogen-bond acceptors (Lipinski definition) is 0. The number of hydrogen-bond donors (Lipinski definition) is 0. The molecular weight excluding hydrogens is 259 g/mol. The summed E-state index contributed by atoms with van der Waals surface area (Å²) >= 11 is 6.11. The van der Waals surface area contributed by atoms with E-state index in [1.54, 1.807) is 6.07 Å². The third-order valence-corrected chi connectivity index (χ3v) is 3.88. The van der Waals surface area contributed by atoms with Crippen molar-refractivity contribution in [3.05, 3.63) is 58.4 Å². The van der Waals surface area contributed by atoms with Crippen molar-refractivity contribution in [1.29, 1.82) is 0 Å². The Kier molecular flexibility index (Phi) is 4.26. The van der Waals surface area contributed by atoms with Crippen molar-refractivity contribution in [2.75, 3.05) is 0 Å². The first kappa shape index (κ1) is 14.1. The zero-order valence-electron chi connectivity index (χ0n) is 11.5. The van der Waals surface area contributed by atoms with Crippen molar-refractivity contribution in [3.63, 3.8) is 0 Å². The van der Waals surface area contributed by atoms with Crippen LogP contribution in [0.15, 0.2) is 36.4 Å². The van der Waals surface area contributed by atoms with Gasteiger partial charge in [0.05, 0.1) is 0 Å². The first-order valence-corrected chi connectivity index (χ1v) is 6.96. The molecule has 0 heterocycles. The Morgan fingerprint density at radius 1 is 1.11 bits per heavy atom. The molecule has 0 aromatic heterocycles. The summed E-state index contributed by atoms with van der Waals surface area (Å²) in [6.07, 6.45) is 1.04. The zero-order chi connectivity index (χ0) is 14.0. The Balaban J connectivity index is 2.66.